The van der Waals surface area contributed by atoms with Crippen LogP contribution in [0.1, 0.15) is 40.1 Å². The van der Waals surface area contributed by atoms with E-state index in [1.54, 1.807) is 24.7 Å². The van der Waals surface area contributed by atoms with Gasteiger partial charge in [-0.1, -0.05) is 12.1 Å². The Kier molecular flexibility index (Phi) is 3.66. The van der Waals surface area contributed by atoms with Gasteiger partial charge in [0, 0.05) is 31.7 Å². The molecule has 5 nitrogen and oxygen atoms in total. The van der Waals surface area contributed by atoms with Gasteiger partial charge in [0.25, 0.3) is 0 Å². The Morgan fingerprint density at radius 3 is 2.95 bits per heavy atom. The summed E-state index contributed by atoms with van der Waals surface area (Å²) in [4.78, 5) is 22.1. The quantitative estimate of drug-likeness (QED) is 0.936. The van der Waals surface area contributed by atoms with Gasteiger partial charge < -0.3 is 5.11 Å². The number of hydrogen-bond acceptors (Lipinski definition) is 4. The molecule has 0 aliphatic carbocycles. The molecule has 0 saturated carbocycles. The molecule has 0 bridgehead atoms. The van der Waals surface area contributed by atoms with Crippen molar-refractivity contribution >= 4 is 5.97 Å². The van der Waals surface area contributed by atoms with Crippen molar-refractivity contribution in [2.75, 3.05) is 6.54 Å². The van der Waals surface area contributed by atoms with E-state index >= 15 is 0 Å². The second-order valence-corrected chi connectivity index (χ2v) is 5.28. The number of aromatic carboxylic acids is 1. The fraction of sp³-hybridized carbons (Fsp3) is 0.312. The van der Waals surface area contributed by atoms with Crippen molar-refractivity contribution in [3.8, 4) is 0 Å². The van der Waals surface area contributed by atoms with Crippen LogP contribution in [0, 0.1) is 0 Å². The number of fused-ring (bicyclic) bond motifs is 1. The summed E-state index contributed by atoms with van der Waals surface area (Å²) in [6, 6.07) is 5.68. The SMILES string of the molecule is CC(c1cnccn1)N1CCc2c(cccc2C(=O)O)C1. The summed E-state index contributed by atoms with van der Waals surface area (Å²) < 4.78 is 0. The first kappa shape index (κ1) is 13.7. The highest BCUT2D eigenvalue weighted by molar-refractivity contribution is 5.89. The van der Waals surface area contributed by atoms with E-state index < -0.39 is 5.97 Å². The second kappa shape index (κ2) is 5.61. The molecule has 1 aromatic heterocycles. The third kappa shape index (κ3) is 2.64. The van der Waals surface area contributed by atoms with Gasteiger partial charge in [0.15, 0.2) is 0 Å². The van der Waals surface area contributed by atoms with Gasteiger partial charge in [-0.3, -0.25) is 14.9 Å². The van der Waals surface area contributed by atoms with E-state index in [0.29, 0.717) is 5.56 Å². The summed E-state index contributed by atoms with van der Waals surface area (Å²) in [5, 5.41) is 9.26. The lowest BCUT2D eigenvalue weighted by Gasteiger charge is -2.33. The van der Waals surface area contributed by atoms with Gasteiger partial charge in [-0.05, 0) is 30.5 Å². The standard InChI is InChI=1S/C16H17N3O2/c1-11(15-9-17-6-7-18-15)19-8-5-13-12(10-19)3-2-4-14(13)16(20)21/h2-4,6-7,9,11H,5,8,10H2,1H3,(H,20,21). The molecular weight excluding hydrogens is 266 g/mol. The van der Waals surface area contributed by atoms with Crippen LogP contribution >= 0.6 is 0 Å². The second-order valence-electron chi connectivity index (χ2n) is 5.28. The summed E-state index contributed by atoms with van der Waals surface area (Å²) in [7, 11) is 0. The van der Waals surface area contributed by atoms with E-state index in [9.17, 15) is 9.90 Å². The molecule has 1 N–H and O–H groups in total. The predicted octanol–water partition coefficient (Wildman–Crippen LogP) is 2.29. The minimum Gasteiger partial charge on any atom is -0.478 e. The number of aromatic nitrogens is 2. The Morgan fingerprint density at radius 1 is 1.38 bits per heavy atom. The van der Waals surface area contributed by atoms with Gasteiger partial charge in [-0.2, -0.15) is 0 Å². The maximum atomic E-state index is 11.3. The van der Waals surface area contributed by atoms with Crippen LogP contribution in [0.15, 0.2) is 36.8 Å². The molecule has 1 unspecified atom stereocenters. The molecule has 1 aromatic carbocycles. The maximum Gasteiger partial charge on any atom is 0.335 e. The Bertz CT molecular complexity index is 658. The van der Waals surface area contributed by atoms with E-state index in [4.69, 9.17) is 0 Å². The summed E-state index contributed by atoms with van der Waals surface area (Å²) in [6.07, 6.45) is 5.91. The topological polar surface area (TPSA) is 66.3 Å². The maximum absolute atomic E-state index is 11.3. The van der Waals surface area contributed by atoms with Crippen molar-refractivity contribution in [1.29, 1.82) is 0 Å². The lowest BCUT2D eigenvalue weighted by atomic mass is 9.93. The summed E-state index contributed by atoms with van der Waals surface area (Å²) in [5.41, 5.74) is 3.43. The van der Waals surface area contributed by atoms with Gasteiger partial charge >= 0.3 is 5.97 Å². The zero-order valence-corrected chi connectivity index (χ0v) is 11.9. The van der Waals surface area contributed by atoms with Gasteiger partial charge in [0.2, 0.25) is 0 Å². The molecule has 0 fully saturated rings. The van der Waals surface area contributed by atoms with Crippen LogP contribution in [0.3, 0.4) is 0 Å². The lowest BCUT2D eigenvalue weighted by molar-refractivity contribution is 0.0694. The molecule has 1 atom stereocenters. The van der Waals surface area contributed by atoms with Gasteiger partial charge in [-0.15, -0.1) is 0 Å². The molecule has 1 aliphatic rings. The summed E-state index contributed by atoms with van der Waals surface area (Å²) in [6.45, 7) is 3.68. The number of nitrogens with zero attached hydrogens (tertiary/aromatic N) is 3. The molecule has 0 saturated heterocycles. The van der Waals surface area contributed by atoms with E-state index in [1.165, 1.54) is 0 Å². The molecule has 5 heteroatoms. The third-order valence-corrected chi connectivity index (χ3v) is 4.08. The van der Waals surface area contributed by atoms with E-state index in [-0.39, 0.29) is 6.04 Å². The molecule has 2 aromatic rings. The zero-order chi connectivity index (χ0) is 14.8. The molecule has 0 spiro atoms. The summed E-state index contributed by atoms with van der Waals surface area (Å²) >= 11 is 0. The smallest absolute Gasteiger partial charge is 0.335 e. The van der Waals surface area contributed by atoms with Crippen LogP contribution in [0.2, 0.25) is 0 Å². The fourth-order valence-corrected chi connectivity index (χ4v) is 2.88. The van der Waals surface area contributed by atoms with Gasteiger partial charge in [0.1, 0.15) is 0 Å². The number of benzene rings is 1. The Labute approximate surface area is 123 Å². The normalized spacial score (nSPS) is 16.2. The highest BCUT2D eigenvalue weighted by atomic mass is 16.4. The Hall–Kier alpha value is -2.27. The summed E-state index contributed by atoms with van der Waals surface area (Å²) in [5.74, 6) is -0.845. The van der Waals surface area contributed by atoms with Crippen molar-refractivity contribution in [2.45, 2.75) is 25.9 Å². The monoisotopic (exact) mass is 283 g/mol. The van der Waals surface area contributed by atoms with Crippen molar-refractivity contribution < 1.29 is 9.90 Å². The van der Waals surface area contributed by atoms with Crippen LogP contribution in [0.25, 0.3) is 0 Å². The highest BCUT2D eigenvalue weighted by Gasteiger charge is 2.25. The number of carboxylic acid groups (broad SMARTS) is 1. The molecular formula is C16H17N3O2. The van der Waals surface area contributed by atoms with Crippen LogP contribution < -0.4 is 0 Å². The fourth-order valence-electron chi connectivity index (χ4n) is 2.88. The number of rotatable bonds is 3. The lowest BCUT2D eigenvalue weighted by Crippen LogP contribution is -2.34. The number of carbonyl (C=O) groups is 1. The van der Waals surface area contributed by atoms with Crippen molar-refractivity contribution in [1.82, 2.24) is 14.9 Å². The molecule has 2 heterocycles. The number of carboxylic acids is 1. The molecule has 0 amide bonds. The average Bonchev–Trinajstić information content (AvgIpc) is 2.53. The minimum atomic E-state index is -0.845. The number of hydrogen-bond donors (Lipinski definition) is 1. The molecule has 108 valence electrons. The molecule has 1 aliphatic heterocycles. The van der Waals surface area contributed by atoms with E-state index in [2.05, 4.69) is 21.8 Å². The van der Waals surface area contributed by atoms with Crippen molar-refractivity contribution in [3.63, 3.8) is 0 Å². The van der Waals surface area contributed by atoms with Gasteiger partial charge in [-0.25, -0.2) is 4.79 Å². The van der Waals surface area contributed by atoms with Crippen LogP contribution in [0.4, 0.5) is 0 Å². The minimum absolute atomic E-state index is 0.167. The van der Waals surface area contributed by atoms with Crippen molar-refractivity contribution in [2.24, 2.45) is 0 Å². The van der Waals surface area contributed by atoms with Crippen LogP contribution in [0.5, 0.6) is 0 Å². The highest BCUT2D eigenvalue weighted by Crippen LogP contribution is 2.28. The first-order valence-corrected chi connectivity index (χ1v) is 7.01. The zero-order valence-electron chi connectivity index (χ0n) is 11.9. The average molecular weight is 283 g/mol. The van der Waals surface area contributed by atoms with Crippen molar-refractivity contribution in [3.05, 3.63) is 59.2 Å². The Balaban J connectivity index is 1.85. The first-order valence-electron chi connectivity index (χ1n) is 7.01. The van der Waals surface area contributed by atoms with E-state index in [0.717, 1.165) is 36.3 Å². The molecule has 0 radical (unpaired) electrons. The molecule has 3 rings (SSSR count). The van der Waals surface area contributed by atoms with Gasteiger partial charge in [0.05, 0.1) is 17.3 Å². The third-order valence-electron chi connectivity index (χ3n) is 4.08. The van der Waals surface area contributed by atoms with Crippen LogP contribution in [-0.4, -0.2) is 32.5 Å². The molecule has 21 heavy (non-hydrogen) atoms. The van der Waals surface area contributed by atoms with Crippen LogP contribution in [-0.2, 0) is 13.0 Å². The Morgan fingerprint density at radius 2 is 2.24 bits per heavy atom. The predicted molar refractivity (Wildman–Crippen MR) is 78.0 cm³/mol. The van der Waals surface area contributed by atoms with E-state index in [1.807, 2.05) is 12.1 Å². The first-order chi connectivity index (χ1) is 10.2. The largest absolute Gasteiger partial charge is 0.478 e.